The molecule has 0 radical (unpaired) electrons. The van der Waals surface area contributed by atoms with E-state index in [4.69, 9.17) is 0 Å². The largest absolute Gasteiger partial charge is 0.355 e. The smallest absolute Gasteiger partial charge is 0.236 e. The maximum atomic E-state index is 11.8. The average molecular weight is 282 g/mol. The van der Waals surface area contributed by atoms with Crippen LogP contribution in [0.25, 0.3) is 0 Å². The fraction of sp³-hybridized carbons (Fsp3) is 0.667. The Morgan fingerprint density at radius 1 is 1.37 bits per heavy atom. The van der Waals surface area contributed by atoms with Crippen molar-refractivity contribution < 1.29 is 4.79 Å². The minimum absolute atomic E-state index is 0.0997. The minimum Gasteiger partial charge on any atom is -0.355 e. The van der Waals surface area contributed by atoms with E-state index in [0.717, 1.165) is 25.8 Å². The molecular formula is C15H26N2OS. The van der Waals surface area contributed by atoms with Gasteiger partial charge < -0.3 is 10.6 Å². The van der Waals surface area contributed by atoms with Crippen LogP contribution in [0.5, 0.6) is 0 Å². The molecule has 0 aliphatic carbocycles. The number of carbonyl (C=O) groups excluding carboxylic acids is 1. The number of aryl methyl sites for hydroxylation is 1. The first-order valence-electron chi connectivity index (χ1n) is 7.12. The van der Waals surface area contributed by atoms with Crippen LogP contribution in [0.1, 0.15) is 43.4 Å². The van der Waals surface area contributed by atoms with Gasteiger partial charge in [-0.15, -0.1) is 11.3 Å². The van der Waals surface area contributed by atoms with Crippen molar-refractivity contribution >= 4 is 17.2 Å². The molecule has 1 heterocycles. The molecule has 1 rings (SSSR count). The average Bonchev–Trinajstić information content (AvgIpc) is 2.74. The Morgan fingerprint density at radius 3 is 2.68 bits per heavy atom. The van der Waals surface area contributed by atoms with Gasteiger partial charge in [-0.25, -0.2) is 0 Å². The van der Waals surface area contributed by atoms with E-state index in [1.165, 1.54) is 9.75 Å². The van der Waals surface area contributed by atoms with E-state index in [-0.39, 0.29) is 11.9 Å². The van der Waals surface area contributed by atoms with Gasteiger partial charge in [-0.05, 0) is 45.7 Å². The zero-order chi connectivity index (χ0) is 14.3. The second-order valence-corrected chi connectivity index (χ2v) is 6.52. The number of thiophene rings is 1. The molecule has 0 aliphatic rings. The molecule has 0 spiro atoms. The second-order valence-electron chi connectivity index (χ2n) is 5.15. The topological polar surface area (TPSA) is 41.1 Å². The van der Waals surface area contributed by atoms with Crippen molar-refractivity contribution in [2.24, 2.45) is 0 Å². The van der Waals surface area contributed by atoms with Crippen LogP contribution >= 0.6 is 11.3 Å². The lowest BCUT2D eigenvalue weighted by molar-refractivity contribution is -0.122. The number of carbonyl (C=O) groups is 1. The summed E-state index contributed by atoms with van der Waals surface area (Å²) in [7, 11) is 0. The van der Waals surface area contributed by atoms with Crippen LogP contribution in [-0.4, -0.2) is 24.5 Å². The van der Waals surface area contributed by atoms with Crippen LogP contribution in [0.4, 0.5) is 0 Å². The number of amides is 1. The summed E-state index contributed by atoms with van der Waals surface area (Å²) in [5, 5.41) is 6.32. The van der Waals surface area contributed by atoms with Gasteiger partial charge in [0.05, 0.1) is 6.04 Å². The first kappa shape index (κ1) is 16.2. The van der Waals surface area contributed by atoms with Crippen LogP contribution in [-0.2, 0) is 11.2 Å². The summed E-state index contributed by atoms with van der Waals surface area (Å²) in [6.07, 6.45) is 3.13. The molecule has 1 aromatic rings. The highest BCUT2D eigenvalue weighted by molar-refractivity contribution is 7.11. The molecule has 2 N–H and O–H groups in total. The van der Waals surface area contributed by atoms with Gasteiger partial charge in [0, 0.05) is 22.3 Å². The molecular weight excluding hydrogens is 256 g/mol. The first-order chi connectivity index (χ1) is 9.02. The third-order valence-corrected chi connectivity index (χ3v) is 4.08. The van der Waals surface area contributed by atoms with Crippen LogP contribution in [0.2, 0.25) is 0 Å². The zero-order valence-corrected chi connectivity index (χ0v) is 13.3. The van der Waals surface area contributed by atoms with Gasteiger partial charge >= 0.3 is 0 Å². The number of hydrogen-bond acceptors (Lipinski definition) is 3. The van der Waals surface area contributed by atoms with Crippen molar-refractivity contribution in [3.63, 3.8) is 0 Å². The maximum Gasteiger partial charge on any atom is 0.236 e. The van der Waals surface area contributed by atoms with Gasteiger partial charge in [0.25, 0.3) is 0 Å². The predicted octanol–water partition coefficient (Wildman–Crippen LogP) is 2.88. The van der Waals surface area contributed by atoms with Crippen LogP contribution < -0.4 is 10.6 Å². The van der Waals surface area contributed by atoms with Gasteiger partial charge in [-0.2, -0.15) is 0 Å². The quantitative estimate of drug-likeness (QED) is 0.720. The van der Waals surface area contributed by atoms with Crippen LogP contribution in [0, 0.1) is 6.92 Å². The van der Waals surface area contributed by atoms with Crippen molar-refractivity contribution in [2.45, 2.75) is 59.0 Å². The normalized spacial score (nSPS) is 14.1. The summed E-state index contributed by atoms with van der Waals surface area (Å²) < 4.78 is 0. The molecule has 3 nitrogen and oxygen atoms in total. The third kappa shape index (κ3) is 6.21. The molecule has 0 aliphatic heterocycles. The molecule has 2 unspecified atom stereocenters. The van der Waals surface area contributed by atoms with Crippen LogP contribution in [0.3, 0.4) is 0 Å². The van der Waals surface area contributed by atoms with Crippen molar-refractivity contribution in [3.8, 4) is 0 Å². The third-order valence-electron chi connectivity index (χ3n) is 3.06. The van der Waals surface area contributed by atoms with E-state index in [0.29, 0.717) is 6.04 Å². The molecule has 108 valence electrons. The van der Waals surface area contributed by atoms with E-state index in [9.17, 15) is 4.79 Å². The van der Waals surface area contributed by atoms with Gasteiger partial charge in [-0.1, -0.05) is 13.3 Å². The Balaban J connectivity index is 2.30. The van der Waals surface area contributed by atoms with Crippen LogP contribution in [0.15, 0.2) is 12.1 Å². The van der Waals surface area contributed by atoms with Gasteiger partial charge in [0.1, 0.15) is 0 Å². The molecule has 2 atom stereocenters. The van der Waals surface area contributed by atoms with Gasteiger partial charge in [0.15, 0.2) is 0 Å². The van der Waals surface area contributed by atoms with E-state index in [2.05, 4.69) is 43.5 Å². The summed E-state index contributed by atoms with van der Waals surface area (Å²) in [5.74, 6) is 0.0997. The number of hydrogen-bond donors (Lipinski definition) is 2. The summed E-state index contributed by atoms with van der Waals surface area (Å²) in [6.45, 7) is 9.08. The summed E-state index contributed by atoms with van der Waals surface area (Å²) in [6, 6.07) is 4.50. The number of unbranched alkanes of at least 4 members (excludes halogenated alkanes) is 1. The summed E-state index contributed by atoms with van der Waals surface area (Å²) in [5.41, 5.74) is 0. The van der Waals surface area contributed by atoms with E-state index < -0.39 is 0 Å². The highest BCUT2D eigenvalue weighted by Crippen LogP contribution is 2.16. The molecule has 0 saturated heterocycles. The molecule has 1 amide bonds. The lowest BCUT2D eigenvalue weighted by Crippen LogP contribution is -2.46. The Bertz CT molecular complexity index is 389. The number of nitrogens with one attached hydrogen (secondary N) is 2. The van der Waals surface area contributed by atoms with Crippen molar-refractivity contribution in [3.05, 3.63) is 21.9 Å². The molecule has 4 heteroatoms. The fourth-order valence-corrected chi connectivity index (χ4v) is 3.02. The van der Waals surface area contributed by atoms with Crippen molar-refractivity contribution in [1.82, 2.24) is 10.6 Å². The van der Waals surface area contributed by atoms with Gasteiger partial charge in [0.2, 0.25) is 5.91 Å². The Kier molecular flexibility index (Phi) is 7.10. The first-order valence-corrected chi connectivity index (χ1v) is 7.93. The minimum atomic E-state index is -0.132. The molecule has 1 aromatic heterocycles. The molecule has 0 bridgehead atoms. The summed E-state index contributed by atoms with van der Waals surface area (Å²) >= 11 is 1.83. The van der Waals surface area contributed by atoms with E-state index in [1.54, 1.807) is 0 Å². The highest BCUT2D eigenvalue weighted by atomic mass is 32.1. The Morgan fingerprint density at radius 2 is 2.11 bits per heavy atom. The Labute approximate surface area is 120 Å². The lowest BCUT2D eigenvalue weighted by atomic mass is 10.1. The molecule has 0 aromatic carbocycles. The van der Waals surface area contributed by atoms with Gasteiger partial charge in [-0.3, -0.25) is 4.79 Å². The second kappa shape index (κ2) is 8.33. The fourth-order valence-electron chi connectivity index (χ4n) is 2.00. The highest BCUT2D eigenvalue weighted by Gasteiger charge is 2.15. The Hall–Kier alpha value is -0.870. The van der Waals surface area contributed by atoms with E-state index in [1.807, 2.05) is 18.3 Å². The molecule has 0 saturated carbocycles. The lowest BCUT2D eigenvalue weighted by Gasteiger charge is -2.19. The van der Waals surface area contributed by atoms with E-state index >= 15 is 0 Å². The standard InChI is InChI=1S/C15H26N2OS/c1-5-6-9-16-15(18)13(4)17-11(2)10-14-8-7-12(3)19-14/h7-8,11,13,17H,5-6,9-10H2,1-4H3,(H,16,18). The SMILES string of the molecule is CCCCNC(=O)C(C)NC(C)Cc1ccc(C)s1. The predicted molar refractivity (Wildman–Crippen MR) is 82.7 cm³/mol. The maximum absolute atomic E-state index is 11.8. The monoisotopic (exact) mass is 282 g/mol. The number of rotatable bonds is 8. The molecule has 19 heavy (non-hydrogen) atoms. The zero-order valence-electron chi connectivity index (χ0n) is 12.5. The van der Waals surface area contributed by atoms with Crippen molar-refractivity contribution in [1.29, 1.82) is 0 Å². The van der Waals surface area contributed by atoms with Crippen molar-refractivity contribution in [2.75, 3.05) is 6.54 Å². The molecule has 0 fully saturated rings. The summed E-state index contributed by atoms with van der Waals surface area (Å²) in [4.78, 5) is 14.6.